The molecule has 0 aliphatic carbocycles. The predicted molar refractivity (Wildman–Crippen MR) is 23.2 cm³/mol. The van der Waals surface area contributed by atoms with E-state index in [2.05, 4.69) is 0 Å². The standard InChI is InChI=1S/C4H8O2.O/c1-3(2)4(5)6;/h3H,1-2H3,(H,5,6);. The van der Waals surface area contributed by atoms with Gasteiger partial charge in [-0.25, -0.2) is 0 Å². The van der Waals surface area contributed by atoms with Crippen LogP contribution in [-0.2, 0) is 10.3 Å². The third kappa shape index (κ3) is 5.43. The summed E-state index contributed by atoms with van der Waals surface area (Å²) in [5.41, 5.74) is 0. The van der Waals surface area contributed by atoms with Crippen LogP contribution in [0.1, 0.15) is 13.8 Å². The molecule has 0 spiro atoms. The van der Waals surface area contributed by atoms with Crippen molar-refractivity contribution >= 4 is 5.97 Å². The average molecular weight is 104 g/mol. The number of hydrogen-bond acceptors (Lipinski definition) is 1. The lowest BCUT2D eigenvalue weighted by atomic mass is 10.2. The van der Waals surface area contributed by atoms with Gasteiger partial charge in [0.05, 0.1) is 5.92 Å². The zero-order chi connectivity index (χ0) is 5.15. The number of hydrogen-bond donors (Lipinski definition) is 1. The Morgan fingerprint density at radius 1 is 1.57 bits per heavy atom. The molecule has 0 aromatic carbocycles. The van der Waals surface area contributed by atoms with Crippen molar-refractivity contribution in [1.29, 1.82) is 0 Å². The van der Waals surface area contributed by atoms with Gasteiger partial charge in [-0.1, -0.05) is 13.8 Å². The van der Waals surface area contributed by atoms with Gasteiger partial charge in [-0.05, 0) is 0 Å². The molecule has 0 saturated heterocycles. The Hall–Kier alpha value is -0.570. The second kappa shape index (κ2) is 3.61. The first-order valence-electron chi connectivity index (χ1n) is 1.87. The van der Waals surface area contributed by atoms with Gasteiger partial charge in [-0.15, -0.1) is 0 Å². The van der Waals surface area contributed by atoms with Crippen LogP contribution in [0, 0.1) is 5.92 Å². The van der Waals surface area contributed by atoms with Crippen LogP contribution in [-0.4, -0.2) is 11.1 Å². The van der Waals surface area contributed by atoms with Crippen LogP contribution in [0.5, 0.6) is 0 Å². The van der Waals surface area contributed by atoms with E-state index in [-0.39, 0.29) is 11.4 Å². The Morgan fingerprint density at radius 2 is 1.71 bits per heavy atom. The highest BCUT2D eigenvalue weighted by molar-refractivity contribution is 5.68. The molecule has 2 radical (unpaired) electrons. The van der Waals surface area contributed by atoms with Crippen LogP contribution in [0.2, 0.25) is 0 Å². The summed E-state index contributed by atoms with van der Waals surface area (Å²) in [6.45, 7) is 3.28. The number of carbonyl (C=O) groups is 1. The number of rotatable bonds is 1. The number of carboxylic acid groups (broad SMARTS) is 1. The van der Waals surface area contributed by atoms with Crippen LogP contribution in [0.25, 0.3) is 0 Å². The zero-order valence-corrected chi connectivity index (χ0v) is 4.34. The minimum Gasteiger partial charge on any atom is -0.481 e. The first-order valence-corrected chi connectivity index (χ1v) is 1.87. The molecule has 0 heterocycles. The van der Waals surface area contributed by atoms with Gasteiger partial charge in [0.25, 0.3) is 0 Å². The van der Waals surface area contributed by atoms with E-state index in [1.54, 1.807) is 13.8 Å². The third-order valence-electron chi connectivity index (χ3n) is 0.494. The average Bonchev–Trinajstić information content (AvgIpc) is 1.36. The quantitative estimate of drug-likeness (QED) is 0.529. The molecule has 3 heteroatoms. The maximum atomic E-state index is 9.70. The highest BCUT2D eigenvalue weighted by Gasteiger charge is 1.99. The van der Waals surface area contributed by atoms with Crippen molar-refractivity contribution in [2.24, 2.45) is 5.92 Å². The largest absolute Gasteiger partial charge is 0.481 e. The highest BCUT2D eigenvalue weighted by atomic mass is 16.4. The SMILES string of the molecule is CC(C)C(=O)O.[O]. The summed E-state index contributed by atoms with van der Waals surface area (Å²) in [6.07, 6.45) is 0. The number of carboxylic acids is 1. The second-order valence-electron chi connectivity index (χ2n) is 1.49. The molecule has 0 unspecified atom stereocenters. The van der Waals surface area contributed by atoms with Crippen molar-refractivity contribution in [3.8, 4) is 0 Å². The van der Waals surface area contributed by atoms with Gasteiger partial charge in [0.2, 0.25) is 0 Å². The lowest BCUT2D eigenvalue weighted by Crippen LogP contribution is -2.03. The molecule has 0 aliphatic heterocycles. The van der Waals surface area contributed by atoms with Gasteiger partial charge in [0.15, 0.2) is 0 Å². The summed E-state index contributed by atoms with van der Waals surface area (Å²) in [6, 6.07) is 0. The van der Waals surface area contributed by atoms with E-state index >= 15 is 0 Å². The molecule has 1 N–H and O–H groups in total. The molecule has 0 rings (SSSR count). The van der Waals surface area contributed by atoms with Gasteiger partial charge in [-0.3, -0.25) is 4.79 Å². The van der Waals surface area contributed by atoms with Crippen LogP contribution in [0.4, 0.5) is 0 Å². The molecule has 0 aromatic rings. The molecule has 0 atom stereocenters. The van der Waals surface area contributed by atoms with Gasteiger partial charge >= 0.3 is 5.97 Å². The summed E-state index contributed by atoms with van der Waals surface area (Å²) >= 11 is 0. The van der Waals surface area contributed by atoms with E-state index in [0.717, 1.165) is 0 Å². The number of aliphatic carboxylic acids is 1. The molecule has 0 fully saturated rings. The molecule has 0 saturated carbocycles. The molecule has 0 bridgehead atoms. The van der Waals surface area contributed by atoms with Crippen molar-refractivity contribution in [2.45, 2.75) is 13.8 Å². The lowest BCUT2D eigenvalue weighted by Gasteiger charge is -1.89. The van der Waals surface area contributed by atoms with Gasteiger partial charge < -0.3 is 5.11 Å². The summed E-state index contributed by atoms with van der Waals surface area (Å²) in [7, 11) is 0. The normalized spacial score (nSPS) is 7.86. The Bertz CT molecular complexity index is 58.0. The molecule has 0 aromatic heterocycles. The molecule has 0 amide bonds. The molecule has 7 heavy (non-hydrogen) atoms. The Balaban J connectivity index is 0. The van der Waals surface area contributed by atoms with Crippen molar-refractivity contribution < 1.29 is 15.4 Å². The summed E-state index contributed by atoms with van der Waals surface area (Å²) in [5, 5.41) is 7.99. The van der Waals surface area contributed by atoms with Crippen molar-refractivity contribution in [3.63, 3.8) is 0 Å². The summed E-state index contributed by atoms with van der Waals surface area (Å²) < 4.78 is 0. The Morgan fingerprint density at radius 3 is 1.71 bits per heavy atom. The third-order valence-corrected chi connectivity index (χ3v) is 0.494. The van der Waals surface area contributed by atoms with Gasteiger partial charge in [0.1, 0.15) is 0 Å². The van der Waals surface area contributed by atoms with Crippen LogP contribution in [0.15, 0.2) is 0 Å². The fraction of sp³-hybridized carbons (Fsp3) is 0.750. The highest BCUT2D eigenvalue weighted by Crippen LogP contribution is 1.87. The molecule has 3 nitrogen and oxygen atoms in total. The summed E-state index contributed by atoms with van der Waals surface area (Å²) in [5.74, 6) is -0.972. The van der Waals surface area contributed by atoms with Crippen molar-refractivity contribution in [1.82, 2.24) is 0 Å². The lowest BCUT2D eigenvalue weighted by molar-refractivity contribution is -0.140. The van der Waals surface area contributed by atoms with Crippen molar-refractivity contribution in [3.05, 3.63) is 0 Å². The van der Waals surface area contributed by atoms with Gasteiger partial charge in [-0.2, -0.15) is 0 Å². The fourth-order valence-corrected chi connectivity index (χ4v) is 0. The smallest absolute Gasteiger partial charge is 0.305 e. The van der Waals surface area contributed by atoms with Gasteiger partial charge in [0, 0.05) is 5.48 Å². The maximum Gasteiger partial charge on any atom is 0.305 e. The zero-order valence-electron chi connectivity index (χ0n) is 4.34. The van der Waals surface area contributed by atoms with E-state index in [1.807, 2.05) is 0 Å². The minimum absolute atomic E-state index is 0. The first kappa shape index (κ1) is 9.66. The van der Waals surface area contributed by atoms with E-state index in [9.17, 15) is 4.79 Å². The topological polar surface area (TPSA) is 65.8 Å². The molecule has 42 valence electrons. The first-order chi connectivity index (χ1) is 2.64. The summed E-state index contributed by atoms with van der Waals surface area (Å²) in [4.78, 5) is 9.70. The molecular weight excluding hydrogens is 96.0 g/mol. The van der Waals surface area contributed by atoms with Crippen LogP contribution < -0.4 is 0 Å². The molecular formula is C4H8O3. The van der Waals surface area contributed by atoms with Crippen molar-refractivity contribution in [2.75, 3.05) is 0 Å². The molecule has 0 aliphatic rings. The maximum absolute atomic E-state index is 9.70. The van der Waals surface area contributed by atoms with E-state index in [0.29, 0.717) is 0 Å². The Kier molecular flexibility index (Phi) is 4.99. The minimum atomic E-state index is -0.741. The predicted octanol–water partition coefficient (Wildman–Crippen LogP) is 0.608. The monoisotopic (exact) mass is 104 g/mol. The van der Waals surface area contributed by atoms with E-state index in [1.165, 1.54) is 0 Å². The van der Waals surface area contributed by atoms with E-state index in [4.69, 9.17) is 5.11 Å². The second-order valence-corrected chi connectivity index (χ2v) is 1.49. The Labute approximate surface area is 42.3 Å². The van der Waals surface area contributed by atoms with Crippen LogP contribution >= 0.6 is 0 Å². The van der Waals surface area contributed by atoms with E-state index < -0.39 is 5.97 Å². The van der Waals surface area contributed by atoms with Crippen LogP contribution in [0.3, 0.4) is 0 Å². The fourth-order valence-electron chi connectivity index (χ4n) is 0.